The number of carbonyl (C=O) groups excluding carboxylic acids is 2. The predicted molar refractivity (Wildman–Crippen MR) is 73.5 cm³/mol. The Kier molecular flexibility index (Phi) is 5.10. The van der Waals surface area contributed by atoms with Crippen LogP contribution in [0.25, 0.3) is 0 Å². The molecule has 1 saturated heterocycles. The number of likely N-dealkylation sites (tertiary alicyclic amines) is 1. The fraction of sp³-hybridized carbons (Fsp3) is 0.467. The first-order chi connectivity index (χ1) is 9.28. The van der Waals surface area contributed by atoms with Crippen molar-refractivity contribution in [3.05, 3.63) is 35.9 Å². The molecular weight excluding hydrogens is 240 g/mol. The summed E-state index contributed by atoms with van der Waals surface area (Å²) in [6.07, 6.45) is 2.95. The number of rotatable bonds is 5. The zero-order chi connectivity index (χ0) is 13.5. The second kappa shape index (κ2) is 7.04. The third-order valence-electron chi connectivity index (χ3n) is 3.43. The maximum Gasteiger partial charge on any atom is 0.234 e. The molecule has 1 atom stereocenters. The molecule has 0 aliphatic carbocycles. The summed E-state index contributed by atoms with van der Waals surface area (Å²) in [6.45, 7) is 2.56. The number of nitrogens with zero attached hydrogens (tertiary/aromatic N) is 1. The first-order valence-corrected chi connectivity index (χ1v) is 6.76. The van der Waals surface area contributed by atoms with E-state index in [1.807, 2.05) is 30.3 Å². The fourth-order valence-corrected chi connectivity index (χ4v) is 2.40. The number of carbonyl (C=O) groups is 2. The van der Waals surface area contributed by atoms with Crippen LogP contribution in [0.15, 0.2) is 30.3 Å². The highest BCUT2D eigenvalue weighted by Crippen LogP contribution is 2.13. The van der Waals surface area contributed by atoms with Crippen molar-refractivity contribution in [2.45, 2.75) is 19.4 Å². The second-order valence-electron chi connectivity index (χ2n) is 5.04. The van der Waals surface area contributed by atoms with E-state index >= 15 is 0 Å². The Morgan fingerprint density at radius 3 is 2.89 bits per heavy atom. The molecule has 1 unspecified atom stereocenters. The summed E-state index contributed by atoms with van der Waals surface area (Å²) in [6, 6.07) is 9.85. The molecule has 0 bridgehead atoms. The zero-order valence-corrected chi connectivity index (χ0v) is 11.0. The summed E-state index contributed by atoms with van der Waals surface area (Å²) >= 11 is 0. The van der Waals surface area contributed by atoms with Gasteiger partial charge in [-0.2, -0.15) is 0 Å². The van der Waals surface area contributed by atoms with Gasteiger partial charge in [-0.05, 0) is 24.9 Å². The summed E-state index contributed by atoms with van der Waals surface area (Å²) in [5, 5.41) is 2.91. The lowest BCUT2D eigenvalue weighted by Gasteiger charge is -2.29. The first kappa shape index (κ1) is 13.7. The largest absolute Gasteiger partial charge is 0.351 e. The van der Waals surface area contributed by atoms with Gasteiger partial charge in [-0.25, -0.2) is 0 Å². The van der Waals surface area contributed by atoms with Crippen molar-refractivity contribution in [1.29, 1.82) is 0 Å². The fourth-order valence-electron chi connectivity index (χ4n) is 2.40. The molecule has 4 heteroatoms. The minimum absolute atomic E-state index is 0.0235. The number of amides is 1. The number of aldehydes is 1. The Morgan fingerprint density at radius 2 is 2.16 bits per heavy atom. The van der Waals surface area contributed by atoms with Crippen molar-refractivity contribution in [3.8, 4) is 0 Å². The van der Waals surface area contributed by atoms with Gasteiger partial charge in [0.1, 0.15) is 6.29 Å². The SMILES string of the molecule is O=CC1CCCN(CC(=O)NCc2ccccc2)C1. The molecule has 4 nitrogen and oxygen atoms in total. The lowest BCUT2D eigenvalue weighted by Crippen LogP contribution is -2.42. The smallest absolute Gasteiger partial charge is 0.234 e. The summed E-state index contributed by atoms with van der Waals surface area (Å²) in [5.41, 5.74) is 1.10. The average molecular weight is 260 g/mol. The maximum atomic E-state index is 11.8. The zero-order valence-electron chi connectivity index (χ0n) is 11.0. The third kappa shape index (κ3) is 4.48. The van der Waals surface area contributed by atoms with Gasteiger partial charge in [-0.3, -0.25) is 9.69 Å². The van der Waals surface area contributed by atoms with Crippen molar-refractivity contribution in [2.24, 2.45) is 5.92 Å². The highest BCUT2D eigenvalue weighted by Gasteiger charge is 2.20. The lowest BCUT2D eigenvalue weighted by molar-refractivity contribution is -0.123. The molecule has 0 spiro atoms. The van der Waals surface area contributed by atoms with Gasteiger partial charge in [-0.1, -0.05) is 30.3 Å². The molecule has 0 aromatic heterocycles. The molecular formula is C15H20N2O2. The second-order valence-corrected chi connectivity index (χ2v) is 5.04. The van der Waals surface area contributed by atoms with Gasteiger partial charge in [0.2, 0.25) is 5.91 Å². The van der Waals surface area contributed by atoms with E-state index in [9.17, 15) is 9.59 Å². The Balaban J connectivity index is 1.73. The number of hydrogen-bond donors (Lipinski definition) is 1. The predicted octanol–water partition coefficient (Wildman–Crippen LogP) is 1.21. The molecule has 1 amide bonds. The molecule has 1 N–H and O–H groups in total. The van der Waals surface area contributed by atoms with E-state index in [2.05, 4.69) is 10.2 Å². The van der Waals surface area contributed by atoms with Crippen LogP contribution in [0.2, 0.25) is 0 Å². The van der Waals surface area contributed by atoms with Gasteiger partial charge in [-0.15, -0.1) is 0 Å². The van der Waals surface area contributed by atoms with E-state index in [4.69, 9.17) is 0 Å². The van der Waals surface area contributed by atoms with Crippen molar-refractivity contribution in [2.75, 3.05) is 19.6 Å². The molecule has 19 heavy (non-hydrogen) atoms. The molecule has 1 heterocycles. The van der Waals surface area contributed by atoms with E-state index in [0.29, 0.717) is 19.6 Å². The molecule has 1 fully saturated rings. The average Bonchev–Trinajstić information content (AvgIpc) is 2.46. The van der Waals surface area contributed by atoms with E-state index in [-0.39, 0.29) is 11.8 Å². The van der Waals surface area contributed by atoms with Gasteiger partial charge < -0.3 is 10.1 Å². The van der Waals surface area contributed by atoms with Gasteiger partial charge >= 0.3 is 0 Å². The van der Waals surface area contributed by atoms with E-state index < -0.39 is 0 Å². The monoisotopic (exact) mass is 260 g/mol. The van der Waals surface area contributed by atoms with E-state index in [1.165, 1.54) is 0 Å². The lowest BCUT2D eigenvalue weighted by atomic mass is 10.00. The van der Waals surface area contributed by atoms with Crippen molar-refractivity contribution in [3.63, 3.8) is 0 Å². The standard InChI is InChI=1S/C15H20N2O2/c18-12-14-7-4-8-17(10-14)11-15(19)16-9-13-5-2-1-3-6-13/h1-3,5-6,12,14H,4,7-11H2,(H,16,19). The summed E-state index contributed by atoms with van der Waals surface area (Å²) in [5.74, 6) is 0.117. The molecule has 0 saturated carbocycles. The first-order valence-electron chi connectivity index (χ1n) is 6.76. The van der Waals surface area contributed by atoms with Crippen LogP contribution >= 0.6 is 0 Å². The van der Waals surface area contributed by atoms with Gasteiger partial charge in [0, 0.05) is 19.0 Å². The third-order valence-corrected chi connectivity index (χ3v) is 3.43. The summed E-state index contributed by atoms with van der Waals surface area (Å²) in [7, 11) is 0. The van der Waals surface area contributed by atoms with Crippen LogP contribution in [-0.2, 0) is 16.1 Å². The van der Waals surface area contributed by atoms with Crippen molar-refractivity contribution >= 4 is 12.2 Å². The molecule has 1 aromatic rings. The summed E-state index contributed by atoms with van der Waals surface area (Å²) in [4.78, 5) is 24.7. The Labute approximate surface area is 113 Å². The molecule has 1 aliphatic rings. The van der Waals surface area contributed by atoms with Crippen LogP contribution in [0.4, 0.5) is 0 Å². The van der Waals surface area contributed by atoms with Crippen LogP contribution in [0.5, 0.6) is 0 Å². The Bertz CT molecular complexity index is 419. The molecule has 1 aromatic carbocycles. The number of hydrogen-bond acceptors (Lipinski definition) is 3. The van der Waals surface area contributed by atoms with Crippen LogP contribution in [0, 0.1) is 5.92 Å². The van der Waals surface area contributed by atoms with Gasteiger partial charge in [0.25, 0.3) is 0 Å². The quantitative estimate of drug-likeness (QED) is 0.810. The topological polar surface area (TPSA) is 49.4 Å². The van der Waals surface area contributed by atoms with E-state index in [1.54, 1.807) is 0 Å². The highest BCUT2D eigenvalue weighted by atomic mass is 16.2. The number of nitrogens with one attached hydrogen (secondary N) is 1. The van der Waals surface area contributed by atoms with Crippen LogP contribution < -0.4 is 5.32 Å². The van der Waals surface area contributed by atoms with Gasteiger partial charge in [0.05, 0.1) is 6.54 Å². The van der Waals surface area contributed by atoms with Gasteiger partial charge in [0.15, 0.2) is 0 Å². The Morgan fingerprint density at radius 1 is 1.37 bits per heavy atom. The number of piperidine rings is 1. The molecule has 2 rings (SSSR count). The maximum absolute atomic E-state index is 11.8. The van der Waals surface area contributed by atoms with Crippen LogP contribution in [0.1, 0.15) is 18.4 Å². The van der Waals surface area contributed by atoms with E-state index in [0.717, 1.165) is 31.2 Å². The minimum Gasteiger partial charge on any atom is -0.351 e. The molecule has 102 valence electrons. The Hall–Kier alpha value is -1.68. The number of benzene rings is 1. The van der Waals surface area contributed by atoms with Crippen LogP contribution in [0.3, 0.4) is 0 Å². The minimum atomic E-state index is 0.0235. The van der Waals surface area contributed by atoms with Crippen molar-refractivity contribution in [1.82, 2.24) is 10.2 Å². The van der Waals surface area contributed by atoms with Crippen molar-refractivity contribution < 1.29 is 9.59 Å². The molecule has 1 aliphatic heterocycles. The summed E-state index contributed by atoms with van der Waals surface area (Å²) < 4.78 is 0. The molecule has 0 radical (unpaired) electrons. The van der Waals surface area contributed by atoms with Crippen LogP contribution in [-0.4, -0.2) is 36.7 Å². The normalized spacial score (nSPS) is 19.9. The highest BCUT2D eigenvalue weighted by molar-refractivity contribution is 5.78.